The monoisotopic (exact) mass is 381 g/mol. The molecule has 29 heavy (non-hydrogen) atoms. The fourth-order valence-corrected chi connectivity index (χ4v) is 3.45. The number of hydrogen-bond donors (Lipinski definition) is 1. The third-order valence-electron chi connectivity index (χ3n) is 4.77. The number of para-hydroxylation sites is 1. The number of nitrogens with zero attached hydrogens (tertiary/aromatic N) is 2. The lowest BCUT2D eigenvalue weighted by Gasteiger charge is -2.22. The molecule has 0 atom stereocenters. The highest BCUT2D eigenvalue weighted by atomic mass is 16.2. The van der Waals surface area contributed by atoms with Crippen molar-refractivity contribution in [1.29, 1.82) is 0 Å². The van der Waals surface area contributed by atoms with Crippen molar-refractivity contribution in [2.75, 3.05) is 11.9 Å². The van der Waals surface area contributed by atoms with Gasteiger partial charge in [0.15, 0.2) is 0 Å². The summed E-state index contributed by atoms with van der Waals surface area (Å²) >= 11 is 0. The fourth-order valence-electron chi connectivity index (χ4n) is 3.45. The Labute approximate surface area is 170 Å². The van der Waals surface area contributed by atoms with Gasteiger partial charge >= 0.3 is 0 Å². The van der Waals surface area contributed by atoms with Crippen LogP contribution in [0.4, 0.5) is 5.69 Å². The minimum absolute atomic E-state index is 0.0463. The van der Waals surface area contributed by atoms with E-state index in [2.05, 4.69) is 39.5 Å². The number of fused-ring (bicyclic) bond motifs is 1. The summed E-state index contributed by atoms with van der Waals surface area (Å²) in [6.45, 7) is 1.71. The van der Waals surface area contributed by atoms with Gasteiger partial charge in [-0.25, -0.2) is 0 Å². The van der Waals surface area contributed by atoms with Crippen molar-refractivity contribution < 1.29 is 4.79 Å². The lowest BCUT2D eigenvalue weighted by molar-refractivity contribution is -0.117. The molecule has 0 spiro atoms. The second kappa shape index (κ2) is 9.13. The molecule has 0 aliphatic carbocycles. The van der Waals surface area contributed by atoms with E-state index in [1.165, 1.54) is 11.1 Å². The maximum atomic E-state index is 12.9. The molecule has 0 unspecified atom stereocenters. The van der Waals surface area contributed by atoms with Gasteiger partial charge in [-0.2, -0.15) is 0 Å². The van der Waals surface area contributed by atoms with Crippen LogP contribution in [0.1, 0.15) is 11.1 Å². The number of benzene rings is 3. The van der Waals surface area contributed by atoms with Gasteiger partial charge in [0.2, 0.25) is 5.91 Å². The topological polar surface area (TPSA) is 45.2 Å². The number of rotatable bonds is 7. The van der Waals surface area contributed by atoms with Gasteiger partial charge in [-0.1, -0.05) is 78.9 Å². The van der Waals surface area contributed by atoms with Gasteiger partial charge in [0.05, 0.1) is 17.7 Å². The average Bonchev–Trinajstić information content (AvgIpc) is 2.75. The molecule has 0 radical (unpaired) electrons. The van der Waals surface area contributed by atoms with Crippen molar-refractivity contribution in [3.05, 3.63) is 108 Å². The second-order valence-corrected chi connectivity index (χ2v) is 7.05. The maximum Gasteiger partial charge on any atom is 0.238 e. The Bertz CT molecular complexity index is 1030. The van der Waals surface area contributed by atoms with Crippen molar-refractivity contribution >= 4 is 22.5 Å². The van der Waals surface area contributed by atoms with Crippen LogP contribution < -0.4 is 5.32 Å². The molecule has 4 nitrogen and oxygen atoms in total. The molecule has 1 aromatic heterocycles. The largest absolute Gasteiger partial charge is 0.323 e. The number of hydrogen-bond acceptors (Lipinski definition) is 3. The van der Waals surface area contributed by atoms with E-state index < -0.39 is 0 Å². The molecule has 144 valence electrons. The standard InChI is InChI=1S/C25H23N3O/c29-24(27-23-15-7-13-22-14-8-16-26-25(22)23)19-28(17-20-9-3-1-4-10-20)18-21-11-5-2-6-12-21/h1-16H,17-19H2,(H,27,29). The molecule has 4 rings (SSSR count). The first-order chi connectivity index (χ1) is 14.3. The van der Waals surface area contributed by atoms with Crippen LogP contribution in [0.25, 0.3) is 10.9 Å². The molecular weight excluding hydrogens is 358 g/mol. The molecular formula is C25H23N3O. The van der Waals surface area contributed by atoms with Crippen molar-refractivity contribution in [3.63, 3.8) is 0 Å². The number of amides is 1. The van der Waals surface area contributed by atoms with Gasteiger partial charge in [0.1, 0.15) is 0 Å². The van der Waals surface area contributed by atoms with Gasteiger partial charge in [-0.05, 0) is 23.3 Å². The summed E-state index contributed by atoms with van der Waals surface area (Å²) in [5, 5.41) is 4.05. The zero-order valence-electron chi connectivity index (χ0n) is 16.2. The molecule has 1 amide bonds. The Morgan fingerprint density at radius 1 is 0.759 bits per heavy atom. The first-order valence-electron chi connectivity index (χ1n) is 9.72. The normalized spacial score (nSPS) is 10.9. The van der Waals surface area contributed by atoms with Crippen LogP contribution >= 0.6 is 0 Å². The molecule has 4 heteroatoms. The molecule has 0 saturated carbocycles. The lowest BCUT2D eigenvalue weighted by atomic mass is 10.1. The minimum atomic E-state index is -0.0463. The Morgan fingerprint density at radius 2 is 1.38 bits per heavy atom. The van der Waals surface area contributed by atoms with E-state index >= 15 is 0 Å². The van der Waals surface area contributed by atoms with Crippen LogP contribution in [-0.4, -0.2) is 22.3 Å². The lowest BCUT2D eigenvalue weighted by Crippen LogP contribution is -2.32. The molecule has 0 aliphatic heterocycles. The van der Waals surface area contributed by atoms with Crippen LogP contribution in [0.2, 0.25) is 0 Å². The molecule has 1 heterocycles. The zero-order chi connectivity index (χ0) is 19.9. The van der Waals surface area contributed by atoms with E-state index in [1.807, 2.05) is 66.7 Å². The summed E-state index contributed by atoms with van der Waals surface area (Å²) in [5.41, 5.74) is 3.92. The molecule has 1 N–H and O–H groups in total. The van der Waals surface area contributed by atoms with Crippen LogP contribution in [0.5, 0.6) is 0 Å². The van der Waals surface area contributed by atoms with E-state index in [1.54, 1.807) is 6.20 Å². The number of pyridine rings is 1. The van der Waals surface area contributed by atoms with Crippen LogP contribution in [0, 0.1) is 0 Å². The predicted octanol–water partition coefficient (Wildman–Crippen LogP) is 4.88. The summed E-state index contributed by atoms with van der Waals surface area (Å²) in [6, 6.07) is 30.2. The summed E-state index contributed by atoms with van der Waals surface area (Å²) in [4.78, 5) is 19.4. The molecule has 0 fully saturated rings. The van der Waals surface area contributed by atoms with E-state index in [4.69, 9.17) is 0 Å². The van der Waals surface area contributed by atoms with Crippen molar-refractivity contribution in [2.24, 2.45) is 0 Å². The van der Waals surface area contributed by atoms with E-state index in [0.717, 1.165) is 16.6 Å². The number of carbonyl (C=O) groups is 1. The van der Waals surface area contributed by atoms with Gasteiger partial charge < -0.3 is 5.32 Å². The quantitative estimate of drug-likeness (QED) is 0.496. The van der Waals surface area contributed by atoms with Gasteiger partial charge in [-0.3, -0.25) is 14.7 Å². The van der Waals surface area contributed by atoms with Crippen LogP contribution in [0.3, 0.4) is 0 Å². The van der Waals surface area contributed by atoms with Gasteiger partial charge in [0.25, 0.3) is 0 Å². The number of anilines is 1. The Hall–Kier alpha value is -3.50. The SMILES string of the molecule is O=C(CN(Cc1ccccc1)Cc1ccccc1)Nc1cccc2cccnc12. The molecule has 3 aromatic carbocycles. The molecule has 4 aromatic rings. The van der Waals surface area contributed by atoms with Crippen LogP contribution in [0.15, 0.2) is 97.2 Å². The predicted molar refractivity (Wildman–Crippen MR) is 117 cm³/mol. The van der Waals surface area contributed by atoms with Crippen molar-refractivity contribution in [2.45, 2.75) is 13.1 Å². The summed E-state index contributed by atoms with van der Waals surface area (Å²) in [7, 11) is 0. The van der Waals surface area contributed by atoms with E-state index in [0.29, 0.717) is 19.6 Å². The number of aromatic nitrogens is 1. The second-order valence-electron chi connectivity index (χ2n) is 7.05. The highest BCUT2D eigenvalue weighted by Crippen LogP contribution is 2.20. The Kier molecular flexibility index (Phi) is 5.93. The fraction of sp³-hybridized carbons (Fsp3) is 0.120. The third-order valence-corrected chi connectivity index (χ3v) is 4.77. The van der Waals surface area contributed by atoms with Crippen molar-refractivity contribution in [1.82, 2.24) is 9.88 Å². The van der Waals surface area contributed by atoms with E-state index in [-0.39, 0.29) is 5.91 Å². The first-order valence-corrected chi connectivity index (χ1v) is 9.72. The van der Waals surface area contributed by atoms with E-state index in [9.17, 15) is 4.79 Å². The molecule has 0 bridgehead atoms. The van der Waals surface area contributed by atoms with Gasteiger partial charge in [-0.15, -0.1) is 0 Å². The smallest absolute Gasteiger partial charge is 0.238 e. The van der Waals surface area contributed by atoms with Crippen LogP contribution in [-0.2, 0) is 17.9 Å². The third kappa shape index (κ3) is 5.06. The zero-order valence-corrected chi connectivity index (χ0v) is 16.2. The number of carbonyl (C=O) groups excluding carboxylic acids is 1. The summed E-state index contributed by atoms with van der Waals surface area (Å²) in [5.74, 6) is -0.0463. The van der Waals surface area contributed by atoms with Gasteiger partial charge in [0, 0.05) is 24.7 Å². The average molecular weight is 381 g/mol. The molecule has 0 aliphatic rings. The number of nitrogens with one attached hydrogen (secondary N) is 1. The minimum Gasteiger partial charge on any atom is -0.323 e. The summed E-state index contributed by atoms with van der Waals surface area (Å²) < 4.78 is 0. The first kappa shape index (κ1) is 18.8. The Morgan fingerprint density at radius 3 is 2.03 bits per heavy atom. The maximum absolute atomic E-state index is 12.9. The highest BCUT2D eigenvalue weighted by Gasteiger charge is 2.14. The molecule has 0 saturated heterocycles. The summed E-state index contributed by atoms with van der Waals surface area (Å²) in [6.07, 6.45) is 1.75. The Balaban J connectivity index is 1.50. The van der Waals surface area contributed by atoms with Crippen molar-refractivity contribution in [3.8, 4) is 0 Å². The highest BCUT2D eigenvalue weighted by molar-refractivity contribution is 6.00.